The standard InChI is InChI=1S/C23H21NO/c1-23(2,18-12-14-24-15-13-18)20-16-25-21-11-7-6-10-19(21)22(20)17-8-4-3-5-9-17/h3-15H,16H2,1-2H3. The van der Waals surface area contributed by atoms with Gasteiger partial charge in [0, 0.05) is 23.4 Å². The van der Waals surface area contributed by atoms with Gasteiger partial charge in [0.15, 0.2) is 0 Å². The number of fused-ring (bicyclic) bond motifs is 1. The van der Waals surface area contributed by atoms with Gasteiger partial charge in [0.2, 0.25) is 0 Å². The van der Waals surface area contributed by atoms with Crippen molar-refractivity contribution in [1.29, 1.82) is 0 Å². The fourth-order valence-corrected chi connectivity index (χ4v) is 3.55. The van der Waals surface area contributed by atoms with Crippen LogP contribution in [-0.4, -0.2) is 11.6 Å². The smallest absolute Gasteiger partial charge is 0.127 e. The Labute approximate surface area is 148 Å². The van der Waals surface area contributed by atoms with Crippen molar-refractivity contribution in [2.45, 2.75) is 19.3 Å². The Morgan fingerprint density at radius 3 is 2.28 bits per heavy atom. The number of benzene rings is 2. The summed E-state index contributed by atoms with van der Waals surface area (Å²) in [6.45, 7) is 5.12. The Balaban J connectivity index is 1.98. The molecule has 0 atom stereocenters. The lowest BCUT2D eigenvalue weighted by atomic mass is 9.73. The molecule has 0 spiro atoms. The first-order valence-corrected chi connectivity index (χ1v) is 8.59. The van der Waals surface area contributed by atoms with Crippen molar-refractivity contribution in [3.05, 3.63) is 101 Å². The quantitative estimate of drug-likeness (QED) is 0.655. The highest BCUT2D eigenvalue weighted by Crippen LogP contribution is 2.44. The fraction of sp³-hybridized carbons (Fsp3) is 0.174. The van der Waals surface area contributed by atoms with Gasteiger partial charge in [-0.05, 0) is 40.5 Å². The molecule has 0 saturated heterocycles. The molecule has 2 nitrogen and oxygen atoms in total. The molecule has 2 heteroatoms. The molecule has 1 aromatic heterocycles. The third-order valence-electron chi connectivity index (χ3n) is 5.05. The Hall–Kier alpha value is -2.87. The van der Waals surface area contributed by atoms with Gasteiger partial charge in [0.25, 0.3) is 0 Å². The van der Waals surface area contributed by atoms with E-state index in [0.717, 1.165) is 11.3 Å². The predicted molar refractivity (Wildman–Crippen MR) is 102 cm³/mol. The molecule has 3 aromatic rings. The Morgan fingerprint density at radius 2 is 1.52 bits per heavy atom. The van der Waals surface area contributed by atoms with E-state index in [1.807, 2.05) is 18.5 Å². The van der Waals surface area contributed by atoms with Crippen LogP contribution in [0.1, 0.15) is 30.5 Å². The van der Waals surface area contributed by atoms with Crippen LogP contribution in [0.2, 0.25) is 0 Å². The van der Waals surface area contributed by atoms with E-state index in [4.69, 9.17) is 4.74 Å². The average Bonchev–Trinajstić information content (AvgIpc) is 2.68. The highest BCUT2D eigenvalue weighted by Gasteiger charge is 2.33. The van der Waals surface area contributed by atoms with E-state index in [0.29, 0.717) is 6.61 Å². The first-order valence-electron chi connectivity index (χ1n) is 8.59. The zero-order valence-electron chi connectivity index (χ0n) is 14.6. The first kappa shape index (κ1) is 15.6. The fourth-order valence-electron chi connectivity index (χ4n) is 3.55. The minimum atomic E-state index is -0.151. The van der Waals surface area contributed by atoms with E-state index < -0.39 is 0 Å². The van der Waals surface area contributed by atoms with E-state index >= 15 is 0 Å². The van der Waals surface area contributed by atoms with Crippen molar-refractivity contribution < 1.29 is 4.74 Å². The molecule has 4 rings (SSSR count). The minimum absolute atomic E-state index is 0.151. The van der Waals surface area contributed by atoms with Gasteiger partial charge in [-0.3, -0.25) is 4.98 Å². The molecule has 0 saturated carbocycles. The summed E-state index contributed by atoms with van der Waals surface area (Å²) in [4.78, 5) is 4.17. The molecule has 2 heterocycles. The first-order chi connectivity index (χ1) is 12.2. The van der Waals surface area contributed by atoms with Crippen LogP contribution >= 0.6 is 0 Å². The highest BCUT2D eigenvalue weighted by atomic mass is 16.5. The van der Waals surface area contributed by atoms with Crippen LogP contribution in [0.15, 0.2) is 84.7 Å². The van der Waals surface area contributed by atoms with Gasteiger partial charge >= 0.3 is 0 Å². The third-order valence-corrected chi connectivity index (χ3v) is 5.05. The predicted octanol–water partition coefficient (Wildman–Crippen LogP) is 5.25. The lowest BCUT2D eigenvalue weighted by molar-refractivity contribution is 0.325. The van der Waals surface area contributed by atoms with Crippen LogP contribution in [0.3, 0.4) is 0 Å². The topological polar surface area (TPSA) is 22.1 Å². The Kier molecular flexibility index (Phi) is 3.89. The van der Waals surface area contributed by atoms with Gasteiger partial charge < -0.3 is 4.74 Å². The summed E-state index contributed by atoms with van der Waals surface area (Å²) in [6.07, 6.45) is 3.72. The van der Waals surface area contributed by atoms with E-state index in [-0.39, 0.29) is 5.41 Å². The van der Waals surface area contributed by atoms with Crippen molar-refractivity contribution in [2.75, 3.05) is 6.61 Å². The average molecular weight is 327 g/mol. The molecule has 0 N–H and O–H groups in total. The van der Waals surface area contributed by atoms with Crippen LogP contribution < -0.4 is 4.74 Å². The number of nitrogens with zero attached hydrogens (tertiary/aromatic N) is 1. The SMILES string of the molecule is CC(C)(C1=C(c2ccccc2)c2ccccc2OC1)c1ccncc1. The van der Waals surface area contributed by atoms with E-state index in [1.54, 1.807) is 0 Å². The second kappa shape index (κ2) is 6.21. The number of hydrogen-bond acceptors (Lipinski definition) is 2. The van der Waals surface area contributed by atoms with Gasteiger partial charge in [-0.1, -0.05) is 62.4 Å². The molecule has 0 bridgehead atoms. The number of rotatable bonds is 3. The zero-order chi connectivity index (χ0) is 17.3. The summed E-state index contributed by atoms with van der Waals surface area (Å²) in [5.74, 6) is 0.954. The van der Waals surface area contributed by atoms with Gasteiger partial charge in [0.1, 0.15) is 12.4 Å². The number of aromatic nitrogens is 1. The molecule has 0 fully saturated rings. The molecule has 1 aliphatic rings. The van der Waals surface area contributed by atoms with Crippen molar-refractivity contribution in [3.63, 3.8) is 0 Å². The van der Waals surface area contributed by atoms with Gasteiger partial charge in [-0.25, -0.2) is 0 Å². The molecule has 124 valence electrons. The van der Waals surface area contributed by atoms with E-state index in [1.165, 1.54) is 22.3 Å². The minimum Gasteiger partial charge on any atom is -0.489 e. The largest absolute Gasteiger partial charge is 0.489 e. The second-order valence-electron chi connectivity index (χ2n) is 6.87. The summed E-state index contributed by atoms with van der Waals surface area (Å²) >= 11 is 0. The molecule has 0 aliphatic carbocycles. The molecule has 0 unspecified atom stereocenters. The van der Waals surface area contributed by atoms with Crippen molar-refractivity contribution in [1.82, 2.24) is 4.98 Å². The third kappa shape index (κ3) is 2.74. The van der Waals surface area contributed by atoms with Gasteiger partial charge in [-0.2, -0.15) is 0 Å². The monoisotopic (exact) mass is 327 g/mol. The van der Waals surface area contributed by atoms with Crippen LogP contribution in [-0.2, 0) is 5.41 Å². The van der Waals surface area contributed by atoms with Crippen LogP contribution in [0.4, 0.5) is 0 Å². The normalized spacial score (nSPS) is 14.0. The Bertz CT molecular complexity index is 911. The molecular weight excluding hydrogens is 306 g/mol. The van der Waals surface area contributed by atoms with Crippen LogP contribution in [0.25, 0.3) is 5.57 Å². The van der Waals surface area contributed by atoms with Crippen molar-refractivity contribution >= 4 is 5.57 Å². The summed E-state index contributed by atoms with van der Waals surface area (Å²) < 4.78 is 6.12. The maximum Gasteiger partial charge on any atom is 0.127 e. The highest BCUT2D eigenvalue weighted by molar-refractivity contribution is 5.87. The lowest BCUT2D eigenvalue weighted by Gasteiger charge is -2.35. The van der Waals surface area contributed by atoms with Crippen LogP contribution in [0.5, 0.6) is 5.75 Å². The summed E-state index contributed by atoms with van der Waals surface area (Å²) in [6, 6.07) is 23.1. The van der Waals surface area contributed by atoms with E-state index in [9.17, 15) is 0 Å². The summed E-state index contributed by atoms with van der Waals surface area (Å²) in [5.41, 5.74) is 6.07. The maximum absolute atomic E-state index is 6.12. The molecule has 0 amide bonds. The molecule has 1 aliphatic heterocycles. The number of para-hydroxylation sites is 1. The van der Waals surface area contributed by atoms with Gasteiger partial charge in [-0.15, -0.1) is 0 Å². The Morgan fingerprint density at radius 1 is 0.840 bits per heavy atom. The van der Waals surface area contributed by atoms with E-state index in [2.05, 4.69) is 79.5 Å². The maximum atomic E-state index is 6.12. The summed E-state index contributed by atoms with van der Waals surface area (Å²) in [5, 5.41) is 0. The van der Waals surface area contributed by atoms with Gasteiger partial charge in [0.05, 0.1) is 0 Å². The van der Waals surface area contributed by atoms with Crippen molar-refractivity contribution in [2.24, 2.45) is 0 Å². The molecule has 2 aromatic carbocycles. The molecule has 0 radical (unpaired) electrons. The number of ether oxygens (including phenoxy) is 1. The number of pyridine rings is 1. The molecular formula is C23H21NO. The zero-order valence-corrected chi connectivity index (χ0v) is 14.6. The number of hydrogen-bond donors (Lipinski definition) is 0. The second-order valence-corrected chi connectivity index (χ2v) is 6.87. The molecule has 25 heavy (non-hydrogen) atoms. The van der Waals surface area contributed by atoms with Crippen molar-refractivity contribution in [3.8, 4) is 5.75 Å². The van der Waals surface area contributed by atoms with Crippen LogP contribution in [0, 0.1) is 0 Å². The lowest BCUT2D eigenvalue weighted by Crippen LogP contribution is -2.28. The summed E-state index contributed by atoms with van der Waals surface area (Å²) in [7, 11) is 0.